The van der Waals surface area contributed by atoms with Crippen molar-refractivity contribution >= 4 is 27.5 Å². The first-order valence-corrected chi connectivity index (χ1v) is 11.2. The average Bonchev–Trinajstić information content (AvgIpc) is 3.10. The molecular formula is C25H27BrFNO2. The van der Waals surface area contributed by atoms with Gasteiger partial charge in [0.1, 0.15) is 5.82 Å². The van der Waals surface area contributed by atoms with Crippen molar-refractivity contribution in [3.63, 3.8) is 0 Å². The number of carbonyl (C=O) groups excluding carboxylic acids is 1. The third-order valence-corrected chi connectivity index (χ3v) is 7.45. The standard InChI is InChI=1S/C25H27BrFNO2/c1-14(25(29)30-4)13-28-15(2)11-19-18-8-6-5-7-17(18)12-20(19)24(28)23-16(3)21(26)9-10-22(23)27/h5-10,14-15,24H,11-13H2,1-4H3/t14-,15-,24+/m1/s1. The van der Waals surface area contributed by atoms with Crippen LogP contribution < -0.4 is 0 Å². The molecule has 158 valence electrons. The average molecular weight is 472 g/mol. The van der Waals surface area contributed by atoms with Crippen molar-refractivity contribution in [2.24, 2.45) is 5.92 Å². The first-order valence-electron chi connectivity index (χ1n) is 10.4. The minimum atomic E-state index is -0.290. The van der Waals surface area contributed by atoms with Gasteiger partial charge in [-0.3, -0.25) is 9.69 Å². The molecule has 0 bridgehead atoms. The monoisotopic (exact) mass is 471 g/mol. The van der Waals surface area contributed by atoms with E-state index in [4.69, 9.17) is 4.74 Å². The Bertz CT molecular complexity index is 1030. The van der Waals surface area contributed by atoms with Crippen molar-refractivity contribution in [1.82, 2.24) is 4.90 Å². The molecule has 0 amide bonds. The fourth-order valence-corrected chi connectivity index (χ4v) is 5.39. The molecule has 1 heterocycles. The number of nitrogens with zero attached hydrogens (tertiary/aromatic N) is 1. The number of methoxy groups -OCH3 is 1. The van der Waals surface area contributed by atoms with E-state index in [0.29, 0.717) is 12.1 Å². The second-order valence-corrected chi connectivity index (χ2v) is 9.34. The van der Waals surface area contributed by atoms with Gasteiger partial charge in [0.25, 0.3) is 0 Å². The van der Waals surface area contributed by atoms with E-state index in [1.165, 1.54) is 35.4 Å². The van der Waals surface area contributed by atoms with E-state index in [2.05, 4.69) is 52.0 Å². The number of ether oxygens (including phenoxy) is 1. The Hall–Kier alpha value is -1.98. The van der Waals surface area contributed by atoms with Gasteiger partial charge in [0.05, 0.1) is 19.1 Å². The lowest BCUT2D eigenvalue weighted by Gasteiger charge is -2.43. The second-order valence-electron chi connectivity index (χ2n) is 8.48. The zero-order chi connectivity index (χ0) is 21.6. The third kappa shape index (κ3) is 3.52. The summed E-state index contributed by atoms with van der Waals surface area (Å²) in [4.78, 5) is 14.5. The topological polar surface area (TPSA) is 29.5 Å². The van der Waals surface area contributed by atoms with Crippen LogP contribution in [0.25, 0.3) is 5.57 Å². The highest BCUT2D eigenvalue weighted by Gasteiger charge is 2.41. The molecule has 3 atom stereocenters. The Balaban J connectivity index is 1.87. The molecule has 0 fully saturated rings. The van der Waals surface area contributed by atoms with Crippen LogP contribution >= 0.6 is 15.9 Å². The normalized spacial score (nSPS) is 21.9. The van der Waals surface area contributed by atoms with Crippen LogP contribution in [0.15, 0.2) is 46.4 Å². The van der Waals surface area contributed by atoms with Crippen LogP contribution in [0.4, 0.5) is 4.39 Å². The van der Waals surface area contributed by atoms with Crippen LogP contribution in [0.3, 0.4) is 0 Å². The molecule has 0 saturated heterocycles. The number of hydrogen-bond acceptors (Lipinski definition) is 3. The fraction of sp³-hybridized carbons (Fsp3) is 0.400. The molecule has 30 heavy (non-hydrogen) atoms. The second kappa shape index (κ2) is 8.27. The predicted molar refractivity (Wildman–Crippen MR) is 121 cm³/mol. The summed E-state index contributed by atoms with van der Waals surface area (Å²) in [5, 5.41) is 0. The Labute approximate surface area is 186 Å². The molecule has 0 N–H and O–H groups in total. The maximum absolute atomic E-state index is 15.3. The molecule has 2 aliphatic rings. The van der Waals surface area contributed by atoms with Crippen molar-refractivity contribution in [2.75, 3.05) is 13.7 Å². The molecule has 3 nitrogen and oxygen atoms in total. The number of carbonyl (C=O) groups is 1. The summed E-state index contributed by atoms with van der Waals surface area (Å²) in [6, 6.07) is 11.8. The molecule has 2 aromatic rings. The summed E-state index contributed by atoms with van der Waals surface area (Å²) < 4.78 is 21.2. The number of hydrogen-bond donors (Lipinski definition) is 0. The minimum Gasteiger partial charge on any atom is -0.469 e. The highest BCUT2D eigenvalue weighted by atomic mass is 79.9. The number of fused-ring (bicyclic) bond motifs is 2. The molecule has 1 aliphatic carbocycles. The van der Waals surface area contributed by atoms with Gasteiger partial charge >= 0.3 is 5.97 Å². The molecule has 2 aromatic carbocycles. The van der Waals surface area contributed by atoms with Crippen LogP contribution in [-0.2, 0) is 16.0 Å². The molecule has 4 rings (SSSR count). The van der Waals surface area contributed by atoms with Crippen LogP contribution in [0.2, 0.25) is 0 Å². The molecule has 0 spiro atoms. The van der Waals surface area contributed by atoms with E-state index in [1.54, 1.807) is 6.07 Å². The van der Waals surface area contributed by atoms with Gasteiger partial charge in [-0.2, -0.15) is 0 Å². The van der Waals surface area contributed by atoms with Gasteiger partial charge in [0.15, 0.2) is 0 Å². The number of esters is 1. The van der Waals surface area contributed by atoms with Gasteiger partial charge in [0.2, 0.25) is 0 Å². The first-order chi connectivity index (χ1) is 14.3. The minimum absolute atomic E-state index is 0.171. The Morgan fingerprint density at radius 1 is 1.30 bits per heavy atom. The van der Waals surface area contributed by atoms with Crippen molar-refractivity contribution < 1.29 is 13.9 Å². The number of benzene rings is 2. The van der Waals surface area contributed by atoms with Crippen molar-refractivity contribution in [1.29, 1.82) is 0 Å². The SMILES string of the molecule is COC(=O)[C@H](C)CN1[C@H](C)CC2=C(Cc3ccccc32)[C@H]1c1c(F)ccc(Br)c1C. The predicted octanol–water partition coefficient (Wildman–Crippen LogP) is 5.85. The van der Waals surface area contributed by atoms with Gasteiger partial charge in [-0.1, -0.05) is 47.1 Å². The number of rotatable bonds is 4. The lowest BCUT2D eigenvalue weighted by molar-refractivity contribution is -0.145. The molecule has 0 radical (unpaired) electrons. The van der Waals surface area contributed by atoms with E-state index in [0.717, 1.165) is 22.9 Å². The van der Waals surface area contributed by atoms with Crippen LogP contribution in [-0.4, -0.2) is 30.6 Å². The summed E-state index contributed by atoms with van der Waals surface area (Å²) in [5.41, 5.74) is 6.80. The van der Waals surface area contributed by atoms with Gasteiger partial charge in [-0.25, -0.2) is 4.39 Å². The maximum Gasteiger partial charge on any atom is 0.309 e. The summed E-state index contributed by atoms with van der Waals surface area (Å²) in [6.07, 6.45) is 1.71. The zero-order valence-corrected chi connectivity index (χ0v) is 19.4. The molecular weight excluding hydrogens is 445 g/mol. The number of halogens is 2. The summed E-state index contributed by atoms with van der Waals surface area (Å²) >= 11 is 3.59. The lowest BCUT2D eigenvalue weighted by atomic mass is 9.83. The van der Waals surface area contributed by atoms with E-state index < -0.39 is 0 Å². The van der Waals surface area contributed by atoms with E-state index in [9.17, 15) is 4.79 Å². The largest absolute Gasteiger partial charge is 0.469 e. The molecule has 5 heteroatoms. The maximum atomic E-state index is 15.3. The summed E-state index contributed by atoms with van der Waals surface area (Å²) in [6.45, 7) is 6.54. The van der Waals surface area contributed by atoms with Gasteiger partial charge in [-0.15, -0.1) is 0 Å². The van der Waals surface area contributed by atoms with Gasteiger partial charge in [0, 0.05) is 22.6 Å². The highest BCUT2D eigenvalue weighted by Crippen LogP contribution is 2.50. The molecule has 0 aromatic heterocycles. The van der Waals surface area contributed by atoms with Crippen molar-refractivity contribution in [3.8, 4) is 0 Å². The van der Waals surface area contributed by atoms with Gasteiger partial charge < -0.3 is 4.74 Å². The van der Waals surface area contributed by atoms with E-state index >= 15 is 4.39 Å². The lowest BCUT2D eigenvalue weighted by Crippen LogP contribution is -2.45. The van der Waals surface area contributed by atoms with Crippen LogP contribution in [0, 0.1) is 18.7 Å². The third-order valence-electron chi connectivity index (χ3n) is 6.60. The fourth-order valence-electron chi connectivity index (χ4n) is 5.05. The van der Waals surface area contributed by atoms with Crippen LogP contribution in [0.1, 0.15) is 48.6 Å². The molecule has 1 aliphatic heterocycles. The highest BCUT2D eigenvalue weighted by molar-refractivity contribution is 9.10. The van der Waals surface area contributed by atoms with Crippen LogP contribution in [0.5, 0.6) is 0 Å². The first kappa shape index (κ1) is 21.3. The summed E-state index contributed by atoms with van der Waals surface area (Å²) in [5.74, 6) is -0.725. The Kier molecular flexibility index (Phi) is 5.86. The van der Waals surface area contributed by atoms with Crippen molar-refractivity contribution in [2.45, 2.75) is 45.7 Å². The zero-order valence-electron chi connectivity index (χ0n) is 17.8. The van der Waals surface area contributed by atoms with E-state index in [1.807, 2.05) is 13.8 Å². The summed E-state index contributed by atoms with van der Waals surface area (Å²) in [7, 11) is 1.42. The smallest absolute Gasteiger partial charge is 0.309 e. The molecule has 0 saturated carbocycles. The van der Waals surface area contributed by atoms with Gasteiger partial charge in [-0.05, 0) is 66.7 Å². The Morgan fingerprint density at radius 3 is 2.77 bits per heavy atom. The Morgan fingerprint density at radius 2 is 2.03 bits per heavy atom. The molecule has 0 unspecified atom stereocenters. The van der Waals surface area contributed by atoms with E-state index in [-0.39, 0.29) is 29.8 Å². The van der Waals surface area contributed by atoms with Crippen molar-refractivity contribution in [3.05, 3.63) is 74.5 Å². The quantitative estimate of drug-likeness (QED) is 0.523.